The number of hydrogen-bond donors (Lipinski definition) is 0. The highest BCUT2D eigenvalue weighted by molar-refractivity contribution is 6.02. The van der Waals surface area contributed by atoms with Gasteiger partial charge in [-0.1, -0.05) is 78.4 Å². The molecule has 0 N–H and O–H groups in total. The van der Waals surface area contributed by atoms with E-state index in [2.05, 4.69) is 12.1 Å². The molecule has 0 radical (unpaired) electrons. The number of hydrogen-bond acceptors (Lipinski definition) is 5. The number of nitrogens with zero attached hydrogens (tertiary/aromatic N) is 2. The summed E-state index contributed by atoms with van der Waals surface area (Å²) in [6, 6.07) is 27.8. The van der Waals surface area contributed by atoms with E-state index in [1.165, 1.54) is 0 Å². The van der Waals surface area contributed by atoms with Crippen LogP contribution < -0.4 is 5.63 Å². The zero-order chi connectivity index (χ0) is 24.6. The van der Waals surface area contributed by atoms with Gasteiger partial charge < -0.3 is 4.42 Å². The number of fused-ring (bicyclic) bond motifs is 3. The summed E-state index contributed by atoms with van der Waals surface area (Å²) in [6.45, 7) is 1.95. The second kappa shape index (κ2) is 8.56. The SMILES string of the molecule is Cc1ccc(C2=Cc3c(c(=O)oc4ccccc34)C(CC(=O)c3ccccc3)C2(C#N)C#N)cc1. The van der Waals surface area contributed by atoms with E-state index in [0.29, 0.717) is 33.2 Å². The quantitative estimate of drug-likeness (QED) is 0.275. The Hall–Kier alpha value is -4.74. The molecule has 0 saturated heterocycles. The van der Waals surface area contributed by atoms with Crippen molar-refractivity contribution in [2.24, 2.45) is 5.41 Å². The van der Waals surface area contributed by atoms with Gasteiger partial charge >= 0.3 is 5.63 Å². The average molecular weight is 457 g/mol. The van der Waals surface area contributed by atoms with Crippen molar-refractivity contribution in [3.8, 4) is 12.1 Å². The second-order valence-electron chi connectivity index (χ2n) is 8.71. The number of aryl methyl sites for hydroxylation is 1. The van der Waals surface area contributed by atoms with Gasteiger partial charge in [-0.2, -0.15) is 10.5 Å². The van der Waals surface area contributed by atoms with Crippen LogP contribution in [0.1, 0.15) is 45.0 Å². The van der Waals surface area contributed by atoms with E-state index in [4.69, 9.17) is 4.42 Å². The molecular formula is C30H20N2O3. The Morgan fingerprint density at radius 2 is 1.60 bits per heavy atom. The van der Waals surface area contributed by atoms with Crippen LogP contribution in [0.2, 0.25) is 0 Å². The first-order valence-corrected chi connectivity index (χ1v) is 11.2. The molecule has 0 spiro atoms. The molecule has 0 bridgehead atoms. The second-order valence-corrected chi connectivity index (χ2v) is 8.71. The van der Waals surface area contributed by atoms with Crippen molar-refractivity contribution in [3.05, 3.63) is 117 Å². The van der Waals surface area contributed by atoms with Crippen molar-refractivity contribution in [1.29, 1.82) is 10.5 Å². The predicted molar refractivity (Wildman–Crippen MR) is 133 cm³/mol. The van der Waals surface area contributed by atoms with Crippen LogP contribution in [-0.2, 0) is 0 Å². The molecule has 168 valence electrons. The molecule has 3 aromatic carbocycles. The van der Waals surface area contributed by atoms with Crippen LogP contribution in [-0.4, -0.2) is 5.78 Å². The molecule has 0 aliphatic heterocycles. The molecule has 0 fully saturated rings. The maximum absolute atomic E-state index is 13.3. The van der Waals surface area contributed by atoms with E-state index in [0.717, 1.165) is 5.56 Å². The first-order valence-electron chi connectivity index (χ1n) is 11.2. The van der Waals surface area contributed by atoms with Gasteiger partial charge in [-0.3, -0.25) is 4.79 Å². The summed E-state index contributed by atoms with van der Waals surface area (Å²) in [5.41, 5.74) is 1.43. The summed E-state index contributed by atoms with van der Waals surface area (Å²) < 4.78 is 5.60. The van der Waals surface area contributed by atoms with Gasteiger partial charge in [-0.25, -0.2) is 4.79 Å². The third-order valence-corrected chi connectivity index (χ3v) is 6.68. The Morgan fingerprint density at radius 3 is 2.29 bits per heavy atom. The lowest BCUT2D eigenvalue weighted by atomic mass is 9.61. The molecule has 4 aromatic rings. The molecule has 1 heterocycles. The molecule has 1 unspecified atom stereocenters. The minimum absolute atomic E-state index is 0.187. The Kier molecular flexibility index (Phi) is 5.40. The van der Waals surface area contributed by atoms with Crippen molar-refractivity contribution in [3.63, 3.8) is 0 Å². The lowest BCUT2D eigenvalue weighted by Gasteiger charge is -2.35. The van der Waals surface area contributed by atoms with Gasteiger partial charge in [0.2, 0.25) is 0 Å². The van der Waals surface area contributed by atoms with Crippen LogP contribution >= 0.6 is 0 Å². The lowest BCUT2D eigenvalue weighted by molar-refractivity contribution is 0.0966. The van der Waals surface area contributed by atoms with Crippen molar-refractivity contribution in [2.75, 3.05) is 0 Å². The summed E-state index contributed by atoms with van der Waals surface area (Å²) in [6.07, 6.45) is 1.56. The zero-order valence-corrected chi connectivity index (χ0v) is 19.0. The van der Waals surface area contributed by atoms with Gasteiger partial charge in [0.15, 0.2) is 11.2 Å². The van der Waals surface area contributed by atoms with E-state index < -0.39 is 17.0 Å². The van der Waals surface area contributed by atoms with Crippen LogP contribution in [0, 0.1) is 35.0 Å². The Labute approximate surface area is 202 Å². The zero-order valence-electron chi connectivity index (χ0n) is 19.0. The van der Waals surface area contributed by atoms with E-state index >= 15 is 0 Å². The number of Topliss-reactive ketones (excluding diaryl/α,β-unsaturated/α-hetero) is 1. The molecule has 1 aliphatic rings. The molecule has 5 nitrogen and oxygen atoms in total. The molecule has 1 atom stereocenters. The van der Waals surface area contributed by atoms with Gasteiger partial charge in [-0.05, 0) is 35.8 Å². The van der Waals surface area contributed by atoms with Crippen LogP contribution in [0.3, 0.4) is 0 Å². The maximum atomic E-state index is 13.3. The number of ketones is 1. The number of para-hydroxylation sites is 1. The Balaban J connectivity index is 1.83. The summed E-state index contributed by atoms with van der Waals surface area (Å²) in [4.78, 5) is 26.6. The number of carbonyl (C=O) groups excluding carboxylic acids is 1. The Morgan fingerprint density at radius 1 is 0.943 bits per heavy atom. The van der Waals surface area contributed by atoms with E-state index in [-0.39, 0.29) is 17.8 Å². The number of rotatable bonds is 4. The monoisotopic (exact) mass is 456 g/mol. The summed E-state index contributed by atoms with van der Waals surface area (Å²) in [5.74, 6) is -1.27. The fourth-order valence-electron chi connectivity index (χ4n) is 4.86. The van der Waals surface area contributed by atoms with Crippen molar-refractivity contribution < 1.29 is 9.21 Å². The molecule has 1 aromatic heterocycles. The fraction of sp³-hybridized carbons (Fsp3) is 0.133. The third-order valence-electron chi connectivity index (χ3n) is 6.68. The molecule has 0 saturated carbocycles. The summed E-state index contributed by atoms with van der Waals surface area (Å²) in [7, 11) is 0. The highest BCUT2D eigenvalue weighted by atomic mass is 16.4. The summed E-state index contributed by atoms with van der Waals surface area (Å²) >= 11 is 0. The van der Waals surface area contributed by atoms with E-state index in [9.17, 15) is 20.1 Å². The van der Waals surface area contributed by atoms with Crippen LogP contribution in [0.5, 0.6) is 0 Å². The molecule has 5 rings (SSSR count). The average Bonchev–Trinajstić information content (AvgIpc) is 2.89. The Bertz CT molecular complexity index is 1620. The van der Waals surface area contributed by atoms with Crippen molar-refractivity contribution >= 4 is 28.4 Å². The van der Waals surface area contributed by atoms with Crippen LogP contribution in [0.15, 0.2) is 88.1 Å². The lowest BCUT2D eigenvalue weighted by Crippen LogP contribution is -2.35. The normalized spacial score (nSPS) is 16.0. The standard InChI is InChI=1S/C30H20N2O3/c1-19-11-13-20(14-12-19)24-15-23-22-9-5-6-10-27(22)35-29(34)28(23)25(30(24,17-31)18-32)16-26(33)21-7-3-2-4-8-21/h2-15,25H,16H2,1H3. The third kappa shape index (κ3) is 3.55. The van der Waals surface area contributed by atoms with Crippen LogP contribution in [0.4, 0.5) is 0 Å². The number of benzene rings is 3. The molecule has 1 aliphatic carbocycles. The number of allylic oxidation sites excluding steroid dienone is 1. The highest BCUT2D eigenvalue weighted by Crippen LogP contribution is 2.53. The predicted octanol–water partition coefficient (Wildman–Crippen LogP) is 6.05. The molecule has 5 heteroatoms. The largest absolute Gasteiger partial charge is 0.422 e. The highest BCUT2D eigenvalue weighted by Gasteiger charge is 2.50. The van der Waals surface area contributed by atoms with Crippen molar-refractivity contribution in [1.82, 2.24) is 0 Å². The topological polar surface area (TPSA) is 94.9 Å². The fourth-order valence-corrected chi connectivity index (χ4v) is 4.86. The van der Waals surface area contributed by atoms with Gasteiger partial charge in [0.05, 0.1) is 17.7 Å². The summed E-state index contributed by atoms with van der Waals surface area (Å²) in [5, 5.41) is 21.6. The molecule has 35 heavy (non-hydrogen) atoms. The minimum Gasteiger partial charge on any atom is -0.422 e. The number of carbonyl (C=O) groups is 1. The van der Waals surface area contributed by atoms with Crippen LogP contribution in [0.25, 0.3) is 22.6 Å². The molecule has 0 amide bonds. The first-order chi connectivity index (χ1) is 17.0. The van der Waals surface area contributed by atoms with Gasteiger partial charge in [-0.15, -0.1) is 0 Å². The minimum atomic E-state index is -1.76. The smallest absolute Gasteiger partial charge is 0.340 e. The van der Waals surface area contributed by atoms with Crippen molar-refractivity contribution in [2.45, 2.75) is 19.3 Å². The van der Waals surface area contributed by atoms with Gasteiger partial charge in [0.25, 0.3) is 0 Å². The molecular weight excluding hydrogens is 436 g/mol. The van der Waals surface area contributed by atoms with E-state index in [1.807, 2.05) is 43.3 Å². The number of nitriles is 2. The van der Waals surface area contributed by atoms with Gasteiger partial charge in [0, 0.05) is 23.3 Å². The first kappa shape index (κ1) is 22.1. The van der Waals surface area contributed by atoms with E-state index in [1.54, 1.807) is 48.5 Å². The van der Waals surface area contributed by atoms with Gasteiger partial charge in [0.1, 0.15) is 5.58 Å². The maximum Gasteiger partial charge on any atom is 0.340 e.